The van der Waals surface area contributed by atoms with Gasteiger partial charge in [-0.05, 0) is 24.3 Å². The minimum absolute atomic E-state index is 0.0898. The number of amides is 1. The van der Waals surface area contributed by atoms with Crippen molar-refractivity contribution in [3.8, 4) is 0 Å². The number of carbonyl (C=O) groups is 1. The summed E-state index contributed by atoms with van der Waals surface area (Å²) in [6, 6.07) is 10.9. The lowest BCUT2D eigenvalue weighted by atomic mass is 10.2. The number of nitrogens with zero attached hydrogens (tertiary/aromatic N) is 3. The molecule has 0 fully saturated rings. The van der Waals surface area contributed by atoms with Crippen LogP contribution in [0, 0.1) is 10.1 Å². The van der Waals surface area contributed by atoms with Crippen LogP contribution in [0.3, 0.4) is 0 Å². The average molecular weight is 403 g/mol. The van der Waals surface area contributed by atoms with Crippen molar-refractivity contribution in [1.82, 2.24) is 9.55 Å². The van der Waals surface area contributed by atoms with Crippen LogP contribution in [0.4, 0.5) is 11.4 Å². The van der Waals surface area contributed by atoms with E-state index in [1.165, 1.54) is 18.5 Å². The van der Waals surface area contributed by atoms with Crippen molar-refractivity contribution in [3.63, 3.8) is 0 Å². The Labute approximate surface area is 149 Å². The fourth-order valence-electron chi connectivity index (χ4n) is 2.29. The Morgan fingerprint density at radius 2 is 2.08 bits per heavy atom. The van der Waals surface area contributed by atoms with Crippen LogP contribution < -0.4 is 10.9 Å². The van der Waals surface area contributed by atoms with Crippen LogP contribution in [0.15, 0.2) is 58.1 Å². The van der Waals surface area contributed by atoms with Crippen molar-refractivity contribution in [2.75, 3.05) is 5.32 Å². The third-order valence-electron chi connectivity index (χ3n) is 3.44. The van der Waals surface area contributed by atoms with E-state index < -0.39 is 16.4 Å². The van der Waals surface area contributed by atoms with Gasteiger partial charge >= 0.3 is 0 Å². The zero-order valence-corrected chi connectivity index (χ0v) is 14.3. The molecule has 25 heavy (non-hydrogen) atoms. The molecule has 1 aromatic heterocycles. The first kappa shape index (κ1) is 16.8. The Morgan fingerprint density at radius 1 is 1.28 bits per heavy atom. The van der Waals surface area contributed by atoms with E-state index in [4.69, 9.17) is 0 Å². The molecular formula is C16H11BrN4O4. The molecule has 1 N–H and O–H groups in total. The maximum Gasteiger partial charge on any atom is 0.270 e. The summed E-state index contributed by atoms with van der Waals surface area (Å²) in [5.74, 6) is -0.410. The molecule has 0 atom stereocenters. The third kappa shape index (κ3) is 3.72. The molecule has 0 aliphatic rings. The van der Waals surface area contributed by atoms with Gasteiger partial charge in [-0.2, -0.15) is 0 Å². The second-order valence-electron chi connectivity index (χ2n) is 5.19. The summed E-state index contributed by atoms with van der Waals surface area (Å²) in [6.45, 7) is -0.253. The van der Waals surface area contributed by atoms with Crippen molar-refractivity contribution >= 4 is 44.1 Å². The predicted octanol–water partition coefficient (Wildman–Crippen LogP) is 2.71. The highest BCUT2D eigenvalue weighted by molar-refractivity contribution is 9.10. The highest BCUT2D eigenvalue weighted by Gasteiger charge is 2.12. The number of hydrogen-bond donors (Lipinski definition) is 1. The highest BCUT2D eigenvalue weighted by atomic mass is 79.9. The van der Waals surface area contributed by atoms with Crippen LogP contribution in [-0.4, -0.2) is 20.4 Å². The Hall–Kier alpha value is -3.07. The smallest absolute Gasteiger partial charge is 0.270 e. The molecule has 1 heterocycles. The van der Waals surface area contributed by atoms with Gasteiger partial charge in [0.25, 0.3) is 11.2 Å². The topological polar surface area (TPSA) is 107 Å². The van der Waals surface area contributed by atoms with E-state index in [0.717, 1.165) is 15.1 Å². The van der Waals surface area contributed by atoms with Gasteiger partial charge in [-0.15, -0.1) is 0 Å². The maximum absolute atomic E-state index is 12.5. The first-order valence-corrected chi connectivity index (χ1v) is 7.92. The highest BCUT2D eigenvalue weighted by Crippen LogP contribution is 2.17. The molecule has 0 unspecified atom stereocenters. The van der Waals surface area contributed by atoms with Crippen LogP contribution >= 0.6 is 15.9 Å². The number of rotatable bonds is 4. The number of fused-ring (bicyclic) bond motifs is 1. The molecule has 1 amide bonds. The molecule has 8 nitrogen and oxygen atoms in total. The number of aromatic nitrogens is 2. The van der Waals surface area contributed by atoms with E-state index in [1.54, 1.807) is 18.2 Å². The van der Waals surface area contributed by atoms with Gasteiger partial charge in [0.15, 0.2) is 0 Å². The molecule has 0 saturated carbocycles. The zero-order valence-electron chi connectivity index (χ0n) is 12.7. The molecule has 0 spiro atoms. The van der Waals surface area contributed by atoms with E-state index in [-0.39, 0.29) is 17.6 Å². The van der Waals surface area contributed by atoms with Gasteiger partial charge in [-0.1, -0.05) is 22.0 Å². The van der Waals surface area contributed by atoms with Crippen LogP contribution in [0.25, 0.3) is 10.9 Å². The second-order valence-corrected chi connectivity index (χ2v) is 6.11. The number of nitro groups is 1. The van der Waals surface area contributed by atoms with E-state index in [0.29, 0.717) is 11.2 Å². The van der Waals surface area contributed by atoms with Crippen LogP contribution in [0.5, 0.6) is 0 Å². The van der Waals surface area contributed by atoms with E-state index in [1.807, 2.05) is 6.07 Å². The fourth-order valence-corrected chi connectivity index (χ4v) is 2.69. The molecule has 0 bridgehead atoms. The summed E-state index contributed by atoms with van der Waals surface area (Å²) < 4.78 is 1.92. The summed E-state index contributed by atoms with van der Waals surface area (Å²) in [5, 5.41) is 13.6. The average Bonchev–Trinajstić information content (AvgIpc) is 2.57. The largest absolute Gasteiger partial charge is 0.324 e. The van der Waals surface area contributed by atoms with Gasteiger partial charge < -0.3 is 5.32 Å². The molecule has 3 rings (SSSR count). The number of halogens is 1. The number of carbonyl (C=O) groups excluding carboxylic acids is 1. The summed E-state index contributed by atoms with van der Waals surface area (Å²) >= 11 is 3.30. The normalized spacial score (nSPS) is 10.6. The standard InChI is InChI=1S/C16H11BrN4O4/c17-10-2-1-3-11(6-10)19-15(22)8-20-9-18-14-5-4-12(21(24)25)7-13(14)16(20)23/h1-7,9H,8H2,(H,19,22). The minimum atomic E-state index is -0.587. The van der Waals surface area contributed by atoms with Gasteiger partial charge in [-0.25, -0.2) is 4.98 Å². The predicted molar refractivity (Wildman–Crippen MR) is 95.4 cm³/mol. The molecular weight excluding hydrogens is 392 g/mol. The second kappa shape index (κ2) is 6.81. The van der Waals surface area contributed by atoms with E-state index >= 15 is 0 Å². The molecule has 9 heteroatoms. The third-order valence-corrected chi connectivity index (χ3v) is 3.93. The number of anilines is 1. The van der Waals surface area contributed by atoms with Gasteiger partial charge in [0.05, 0.1) is 22.2 Å². The van der Waals surface area contributed by atoms with Crippen LogP contribution in [-0.2, 0) is 11.3 Å². The van der Waals surface area contributed by atoms with Crippen molar-refractivity contribution in [1.29, 1.82) is 0 Å². The summed E-state index contributed by atoms with van der Waals surface area (Å²) in [5.41, 5.74) is 0.192. The first-order chi connectivity index (χ1) is 11.9. The molecule has 3 aromatic rings. The number of nitro benzene ring substituents is 1. The Balaban J connectivity index is 1.88. The maximum atomic E-state index is 12.5. The number of nitrogens with one attached hydrogen (secondary N) is 1. The van der Waals surface area contributed by atoms with E-state index in [2.05, 4.69) is 26.2 Å². The molecule has 0 aliphatic heterocycles. The Kier molecular flexibility index (Phi) is 4.57. The number of benzene rings is 2. The number of hydrogen-bond acceptors (Lipinski definition) is 5. The quantitative estimate of drug-likeness (QED) is 0.533. The van der Waals surface area contributed by atoms with Gasteiger partial charge in [-0.3, -0.25) is 24.3 Å². The van der Waals surface area contributed by atoms with Gasteiger partial charge in [0.2, 0.25) is 5.91 Å². The van der Waals surface area contributed by atoms with Crippen molar-refractivity contribution in [2.45, 2.75) is 6.54 Å². The first-order valence-electron chi connectivity index (χ1n) is 7.13. The molecule has 126 valence electrons. The molecule has 0 radical (unpaired) electrons. The molecule has 0 aliphatic carbocycles. The summed E-state index contributed by atoms with van der Waals surface area (Å²) in [4.78, 5) is 38.9. The van der Waals surface area contributed by atoms with Crippen LogP contribution in [0.1, 0.15) is 0 Å². The zero-order chi connectivity index (χ0) is 18.0. The molecule has 2 aromatic carbocycles. The lowest BCUT2D eigenvalue weighted by Crippen LogP contribution is -2.27. The Bertz CT molecular complexity index is 1050. The van der Waals surface area contributed by atoms with Gasteiger partial charge in [0.1, 0.15) is 6.54 Å². The summed E-state index contributed by atoms with van der Waals surface area (Å²) in [7, 11) is 0. The minimum Gasteiger partial charge on any atom is -0.324 e. The Morgan fingerprint density at radius 3 is 2.80 bits per heavy atom. The summed E-state index contributed by atoms with van der Waals surface area (Å²) in [6.07, 6.45) is 1.25. The lowest BCUT2D eigenvalue weighted by Gasteiger charge is -2.08. The monoisotopic (exact) mass is 402 g/mol. The SMILES string of the molecule is O=C(Cn1cnc2ccc([N+](=O)[O-])cc2c1=O)Nc1cccc(Br)c1. The van der Waals surface area contributed by atoms with Crippen molar-refractivity contribution < 1.29 is 9.72 Å². The van der Waals surface area contributed by atoms with Crippen molar-refractivity contribution in [2.24, 2.45) is 0 Å². The number of non-ortho nitro benzene ring substituents is 1. The van der Waals surface area contributed by atoms with E-state index in [9.17, 15) is 19.7 Å². The lowest BCUT2D eigenvalue weighted by molar-refractivity contribution is -0.384. The van der Waals surface area contributed by atoms with Gasteiger partial charge in [0, 0.05) is 22.3 Å². The fraction of sp³-hybridized carbons (Fsp3) is 0.0625. The molecule has 0 saturated heterocycles. The van der Waals surface area contributed by atoms with Crippen molar-refractivity contribution in [3.05, 3.63) is 73.7 Å². The van der Waals surface area contributed by atoms with Crippen LogP contribution in [0.2, 0.25) is 0 Å².